The number of alkyl halides is 3. The second-order valence-corrected chi connectivity index (χ2v) is 7.92. The number of halogens is 3. The maximum absolute atomic E-state index is 14.0. The van der Waals surface area contributed by atoms with Crippen LogP contribution in [0.25, 0.3) is 16.9 Å². The molecule has 2 saturated heterocycles. The van der Waals surface area contributed by atoms with E-state index in [9.17, 15) is 13.2 Å². The number of methoxy groups -OCH3 is 1. The Bertz CT molecular complexity index is 1100. The molecule has 0 saturated carbocycles. The average molecular weight is 418 g/mol. The summed E-state index contributed by atoms with van der Waals surface area (Å²) in [6, 6.07) is 1.13. The number of imidazole rings is 1. The Morgan fingerprint density at radius 3 is 2.53 bits per heavy atom. The van der Waals surface area contributed by atoms with Crippen molar-refractivity contribution in [2.75, 3.05) is 38.2 Å². The number of ether oxygens (including phenoxy) is 1. The van der Waals surface area contributed by atoms with Gasteiger partial charge in [0.25, 0.3) is 5.88 Å². The fourth-order valence-corrected chi connectivity index (χ4v) is 4.46. The first-order chi connectivity index (χ1) is 14.3. The average Bonchev–Trinajstić information content (AvgIpc) is 3.39. The van der Waals surface area contributed by atoms with Crippen molar-refractivity contribution in [1.82, 2.24) is 24.7 Å². The molecule has 5 rings (SSSR count). The number of hydrogen-bond acceptors (Lipinski definition) is 6. The SMILES string of the molecule is COc1nc(-c2cnc(N3C[C@@H]4CNC[C@H]4C3)c(C(F)(F)F)c2)cn2cc(C)nc12. The maximum Gasteiger partial charge on any atom is 0.419 e. The summed E-state index contributed by atoms with van der Waals surface area (Å²) in [5.74, 6) is 0.973. The number of nitrogens with zero attached hydrogens (tertiary/aromatic N) is 5. The van der Waals surface area contributed by atoms with Gasteiger partial charge in [-0.2, -0.15) is 13.2 Å². The number of rotatable bonds is 3. The summed E-state index contributed by atoms with van der Waals surface area (Å²) in [5, 5.41) is 3.30. The molecule has 30 heavy (non-hydrogen) atoms. The molecule has 0 aliphatic carbocycles. The van der Waals surface area contributed by atoms with Gasteiger partial charge in [0.1, 0.15) is 5.82 Å². The molecule has 2 aliphatic rings. The third kappa shape index (κ3) is 3.15. The van der Waals surface area contributed by atoms with Crippen LogP contribution in [0.15, 0.2) is 24.7 Å². The zero-order valence-corrected chi connectivity index (χ0v) is 16.6. The lowest BCUT2D eigenvalue weighted by Crippen LogP contribution is -2.28. The highest BCUT2D eigenvalue weighted by Crippen LogP contribution is 2.40. The molecule has 0 unspecified atom stereocenters. The van der Waals surface area contributed by atoms with Gasteiger partial charge in [-0.1, -0.05) is 0 Å². The first kappa shape index (κ1) is 19.1. The van der Waals surface area contributed by atoms with Crippen LogP contribution in [0.1, 0.15) is 11.3 Å². The summed E-state index contributed by atoms with van der Waals surface area (Å²) in [5.41, 5.74) is 1.14. The lowest BCUT2D eigenvalue weighted by atomic mass is 10.0. The van der Waals surface area contributed by atoms with E-state index in [1.54, 1.807) is 21.7 Å². The summed E-state index contributed by atoms with van der Waals surface area (Å²) < 4.78 is 48.8. The molecular weight excluding hydrogens is 397 g/mol. The van der Waals surface area contributed by atoms with Crippen molar-refractivity contribution in [1.29, 1.82) is 0 Å². The summed E-state index contributed by atoms with van der Waals surface area (Å²) in [4.78, 5) is 14.7. The molecule has 1 N–H and O–H groups in total. The quantitative estimate of drug-likeness (QED) is 0.706. The highest BCUT2D eigenvalue weighted by Gasteiger charge is 2.41. The number of fused-ring (bicyclic) bond motifs is 2. The monoisotopic (exact) mass is 418 g/mol. The number of hydrogen-bond donors (Lipinski definition) is 1. The van der Waals surface area contributed by atoms with E-state index in [4.69, 9.17) is 4.74 Å². The number of pyridine rings is 1. The first-order valence-corrected chi connectivity index (χ1v) is 9.77. The van der Waals surface area contributed by atoms with Crippen LogP contribution in [-0.4, -0.2) is 52.6 Å². The van der Waals surface area contributed by atoms with E-state index >= 15 is 0 Å². The number of aromatic nitrogens is 4. The van der Waals surface area contributed by atoms with Gasteiger partial charge in [0.2, 0.25) is 5.65 Å². The van der Waals surface area contributed by atoms with Gasteiger partial charge in [-0.15, -0.1) is 0 Å². The van der Waals surface area contributed by atoms with Crippen LogP contribution in [0.5, 0.6) is 5.88 Å². The molecule has 2 aliphatic heterocycles. The van der Waals surface area contributed by atoms with E-state index in [2.05, 4.69) is 20.3 Å². The molecular formula is C20H21F3N6O. The highest BCUT2D eigenvalue weighted by atomic mass is 19.4. The van der Waals surface area contributed by atoms with Gasteiger partial charge >= 0.3 is 6.18 Å². The zero-order chi connectivity index (χ0) is 21.0. The molecule has 158 valence electrons. The summed E-state index contributed by atoms with van der Waals surface area (Å²) >= 11 is 0. The van der Waals surface area contributed by atoms with Crippen molar-refractivity contribution in [2.45, 2.75) is 13.1 Å². The highest BCUT2D eigenvalue weighted by molar-refractivity contribution is 5.66. The van der Waals surface area contributed by atoms with Crippen LogP contribution in [-0.2, 0) is 6.18 Å². The third-order valence-electron chi connectivity index (χ3n) is 5.88. The molecule has 0 radical (unpaired) electrons. The van der Waals surface area contributed by atoms with E-state index in [-0.39, 0.29) is 17.3 Å². The Morgan fingerprint density at radius 1 is 1.13 bits per heavy atom. The largest absolute Gasteiger partial charge is 0.478 e. The Kier molecular flexibility index (Phi) is 4.35. The predicted octanol–water partition coefficient (Wildman–Crippen LogP) is 2.78. The van der Waals surface area contributed by atoms with Gasteiger partial charge in [0.15, 0.2) is 0 Å². The van der Waals surface area contributed by atoms with E-state index < -0.39 is 11.7 Å². The second kappa shape index (κ2) is 6.83. The topological polar surface area (TPSA) is 67.6 Å². The summed E-state index contributed by atoms with van der Waals surface area (Å²) in [7, 11) is 1.46. The third-order valence-corrected chi connectivity index (χ3v) is 5.88. The molecule has 0 aromatic carbocycles. The molecule has 3 aromatic heterocycles. The van der Waals surface area contributed by atoms with Crippen LogP contribution >= 0.6 is 0 Å². The molecule has 0 spiro atoms. The summed E-state index contributed by atoms with van der Waals surface area (Å²) in [6.45, 7) is 4.67. The molecule has 2 atom stereocenters. The summed E-state index contributed by atoms with van der Waals surface area (Å²) in [6.07, 6.45) is 0.343. The maximum atomic E-state index is 14.0. The van der Waals surface area contributed by atoms with Gasteiger partial charge in [0, 0.05) is 50.3 Å². The molecule has 0 amide bonds. The van der Waals surface area contributed by atoms with Gasteiger partial charge in [-0.05, 0) is 24.8 Å². The fraction of sp³-hybridized carbons (Fsp3) is 0.450. The van der Waals surface area contributed by atoms with Gasteiger partial charge in [-0.25, -0.2) is 15.0 Å². The Labute approximate surface area is 170 Å². The van der Waals surface area contributed by atoms with Crippen LogP contribution in [0.2, 0.25) is 0 Å². The number of aryl methyl sites for hydroxylation is 1. The van der Waals surface area contributed by atoms with E-state index in [1.165, 1.54) is 13.3 Å². The second-order valence-electron chi connectivity index (χ2n) is 7.92. The van der Waals surface area contributed by atoms with Crippen LogP contribution in [0, 0.1) is 18.8 Å². The van der Waals surface area contributed by atoms with Crippen molar-refractivity contribution in [3.63, 3.8) is 0 Å². The molecule has 5 heterocycles. The molecule has 2 fully saturated rings. The van der Waals surface area contributed by atoms with Crippen LogP contribution in [0.3, 0.4) is 0 Å². The first-order valence-electron chi connectivity index (χ1n) is 9.77. The van der Waals surface area contributed by atoms with Crippen molar-refractivity contribution in [3.8, 4) is 17.1 Å². The molecule has 7 nitrogen and oxygen atoms in total. The Hall–Kier alpha value is -2.88. The lowest BCUT2D eigenvalue weighted by molar-refractivity contribution is -0.137. The zero-order valence-electron chi connectivity index (χ0n) is 16.6. The smallest absolute Gasteiger partial charge is 0.419 e. The van der Waals surface area contributed by atoms with Gasteiger partial charge < -0.3 is 19.4 Å². The molecule has 10 heteroatoms. The van der Waals surface area contributed by atoms with E-state index in [1.807, 2.05) is 6.92 Å². The minimum absolute atomic E-state index is 0.00725. The van der Waals surface area contributed by atoms with Crippen LogP contribution in [0.4, 0.5) is 19.0 Å². The predicted molar refractivity (Wildman–Crippen MR) is 105 cm³/mol. The van der Waals surface area contributed by atoms with Crippen molar-refractivity contribution in [2.24, 2.45) is 11.8 Å². The standard InChI is InChI=1S/C20H21F3N6O/c1-11-7-28-10-16(27-19(30-2)18(28)26-11)12-3-15(20(21,22)23)17(25-6-12)29-8-13-4-24-5-14(13)9-29/h3,6-7,10,13-14,24H,4-5,8-9H2,1-2H3/t13-,14-/m0/s1. The molecule has 3 aromatic rings. The van der Waals surface area contributed by atoms with E-state index in [0.29, 0.717) is 36.3 Å². The van der Waals surface area contributed by atoms with Crippen molar-refractivity contribution in [3.05, 3.63) is 35.9 Å². The van der Waals surface area contributed by atoms with Crippen molar-refractivity contribution < 1.29 is 17.9 Å². The Morgan fingerprint density at radius 2 is 1.87 bits per heavy atom. The van der Waals surface area contributed by atoms with Gasteiger partial charge in [-0.3, -0.25) is 0 Å². The normalized spacial score (nSPS) is 21.4. The number of nitrogens with one attached hydrogen (secondary N) is 1. The fourth-order valence-electron chi connectivity index (χ4n) is 4.46. The van der Waals surface area contributed by atoms with Crippen LogP contribution < -0.4 is 15.0 Å². The van der Waals surface area contributed by atoms with Gasteiger partial charge in [0.05, 0.1) is 24.1 Å². The molecule has 0 bridgehead atoms. The number of anilines is 1. The lowest BCUT2D eigenvalue weighted by Gasteiger charge is -2.23. The minimum Gasteiger partial charge on any atom is -0.478 e. The van der Waals surface area contributed by atoms with E-state index in [0.717, 1.165) is 24.8 Å². The minimum atomic E-state index is -4.52. The Balaban J connectivity index is 1.58. The van der Waals surface area contributed by atoms with Crippen molar-refractivity contribution >= 4 is 11.5 Å².